The van der Waals surface area contributed by atoms with Gasteiger partial charge in [0.2, 0.25) is 0 Å². The normalized spacial score (nSPS) is 10.3. The summed E-state index contributed by atoms with van der Waals surface area (Å²) in [5.74, 6) is 0. The molecule has 0 heterocycles. The highest BCUT2D eigenvalue weighted by Crippen LogP contribution is 2.30. The molecule has 0 amide bonds. The second-order valence-corrected chi connectivity index (χ2v) is 4.23. The van der Waals surface area contributed by atoms with E-state index in [9.17, 15) is 10.1 Å². The van der Waals surface area contributed by atoms with Gasteiger partial charge in [0, 0.05) is 39.0 Å². The Kier molecular flexibility index (Phi) is 4.28. The van der Waals surface area contributed by atoms with Crippen molar-refractivity contribution in [1.82, 2.24) is 5.01 Å². The number of nitrogens with one attached hydrogen (secondary N) is 1. The highest BCUT2D eigenvalue weighted by atomic mass is 16.6. The molecule has 0 fully saturated rings. The Morgan fingerprint density at radius 1 is 1.39 bits per heavy atom. The smallest absolute Gasteiger partial charge is 0.271 e. The third-order valence-corrected chi connectivity index (χ3v) is 2.49. The molecular weight excluding hydrogens is 232 g/mol. The van der Waals surface area contributed by atoms with Gasteiger partial charge in [-0.3, -0.25) is 10.1 Å². The first-order valence-corrected chi connectivity index (χ1v) is 5.45. The quantitative estimate of drug-likeness (QED) is 0.642. The summed E-state index contributed by atoms with van der Waals surface area (Å²) in [5.41, 5.74) is 2.28. The van der Waals surface area contributed by atoms with Gasteiger partial charge < -0.3 is 10.3 Å². The molecule has 1 aromatic rings. The van der Waals surface area contributed by atoms with E-state index in [4.69, 9.17) is 0 Å². The van der Waals surface area contributed by atoms with Crippen LogP contribution < -0.4 is 10.3 Å². The Morgan fingerprint density at radius 3 is 2.44 bits per heavy atom. The molecule has 1 N–H and O–H groups in total. The van der Waals surface area contributed by atoms with E-state index in [0.29, 0.717) is 5.69 Å². The zero-order valence-electron chi connectivity index (χ0n) is 11.1. The zero-order valence-corrected chi connectivity index (χ0v) is 11.1. The van der Waals surface area contributed by atoms with Gasteiger partial charge >= 0.3 is 0 Å². The number of nitro groups is 1. The van der Waals surface area contributed by atoms with E-state index in [1.54, 1.807) is 13.0 Å². The summed E-state index contributed by atoms with van der Waals surface area (Å²) in [6.07, 6.45) is 0. The Labute approximate surface area is 107 Å². The summed E-state index contributed by atoms with van der Waals surface area (Å²) in [6.45, 7) is 5.56. The van der Waals surface area contributed by atoms with Gasteiger partial charge in [-0.1, -0.05) is 6.58 Å². The highest BCUT2D eigenvalue weighted by molar-refractivity contribution is 5.73. The lowest BCUT2D eigenvalue weighted by molar-refractivity contribution is -0.384. The van der Waals surface area contributed by atoms with Gasteiger partial charge in [-0.2, -0.15) is 0 Å². The Hall–Kier alpha value is -2.08. The number of hydrogen-bond acceptors (Lipinski definition) is 5. The maximum atomic E-state index is 10.8. The second kappa shape index (κ2) is 5.50. The van der Waals surface area contributed by atoms with Gasteiger partial charge in [-0.25, -0.2) is 5.01 Å². The molecule has 98 valence electrons. The third kappa shape index (κ3) is 3.21. The average molecular weight is 250 g/mol. The molecule has 0 atom stereocenters. The largest absolute Gasteiger partial charge is 0.358 e. The summed E-state index contributed by atoms with van der Waals surface area (Å²) in [4.78, 5) is 10.4. The van der Waals surface area contributed by atoms with Crippen LogP contribution in [0.1, 0.15) is 6.92 Å². The Morgan fingerprint density at radius 2 is 2.00 bits per heavy atom. The summed E-state index contributed by atoms with van der Waals surface area (Å²) in [6, 6.07) is 4.70. The summed E-state index contributed by atoms with van der Waals surface area (Å²) in [5, 5.41) is 17.6. The van der Waals surface area contributed by atoms with E-state index in [-0.39, 0.29) is 5.69 Å². The van der Waals surface area contributed by atoms with E-state index in [2.05, 4.69) is 11.9 Å². The molecular formula is C12H18N4O2. The zero-order chi connectivity index (χ0) is 13.9. The van der Waals surface area contributed by atoms with Crippen LogP contribution in [0.3, 0.4) is 0 Å². The summed E-state index contributed by atoms with van der Waals surface area (Å²) < 4.78 is 0. The monoisotopic (exact) mass is 250 g/mol. The van der Waals surface area contributed by atoms with Crippen LogP contribution in [0.2, 0.25) is 0 Å². The Balaban J connectivity index is 3.24. The van der Waals surface area contributed by atoms with Crippen molar-refractivity contribution in [3.05, 3.63) is 40.6 Å². The van der Waals surface area contributed by atoms with Gasteiger partial charge in [0.15, 0.2) is 0 Å². The Bertz CT molecular complexity index is 471. The molecule has 0 aliphatic heterocycles. The maximum Gasteiger partial charge on any atom is 0.271 e. The number of hydrogen-bond donors (Lipinski definition) is 1. The topological polar surface area (TPSA) is 61.7 Å². The molecule has 6 heteroatoms. The van der Waals surface area contributed by atoms with Crippen LogP contribution in [0.4, 0.5) is 17.1 Å². The van der Waals surface area contributed by atoms with Crippen LogP contribution in [0.15, 0.2) is 30.5 Å². The van der Waals surface area contributed by atoms with E-state index in [0.717, 1.165) is 11.4 Å². The average Bonchev–Trinajstić information content (AvgIpc) is 2.26. The van der Waals surface area contributed by atoms with Crippen molar-refractivity contribution in [3.8, 4) is 0 Å². The first kappa shape index (κ1) is 14.0. The van der Waals surface area contributed by atoms with Crippen LogP contribution in [0, 0.1) is 10.1 Å². The molecule has 0 saturated heterocycles. The van der Waals surface area contributed by atoms with Crippen molar-refractivity contribution in [2.24, 2.45) is 0 Å². The second-order valence-electron chi connectivity index (χ2n) is 4.23. The van der Waals surface area contributed by atoms with Crippen molar-refractivity contribution < 1.29 is 4.92 Å². The molecule has 0 unspecified atom stereocenters. The van der Waals surface area contributed by atoms with E-state index in [1.165, 1.54) is 12.1 Å². The van der Waals surface area contributed by atoms with Gasteiger partial charge in [0.25, 0.3) is 5.69 Å². The SMILES string of the molecule is C=C(C)Nc1cc([N+](=O)[O-])ccc1N(C)N(C)C. The molecule has 0 bridgehead atoms. The number of nitrogens with zero attached hydrogens (tertiary/aromatic N) is 3. The number of rotatable bonds is 5. The molecule has 6 nitrogen and oxygen atoms in total. The van der Waals surface area contributed by atoms with E-state index < -0.39 is 4.92 Å². The lowest BCUT2D eigenvalue weighted by atomic mass is 10.2. The van der Waals surface area contributed by atoms with Crippen molar-refractivity contribution >= 4 is 17.1 Å². The number of nitro benzene ring substituents is 1. The molecule has 0 saturated carbocycles. The fourth-order valence-corrected chi connectivity index (χ4v) is 1.47. The first-order chi connectivity index (χ1) is 8.32. The molecule has 0 aromatic heterocycles. The molecule has 1 aromatic carbocycles. The highest BCUT2D eigenvalue weighted by Gasteiger charge is 2.14. The maximum absolute atomic E-state index is 10.8. The van der Waals surface area contributed by atoms with Crippen molar-refractivity contribution in [2.75, 3.05) is 31.5 Å². The van der Waals surface area contributed by atoms with Gasteiger partial charge in [-0.05, 0) is 13.0 Å². The lowest BCUT2D eigenvalue weighted by Crippen LogP contribution is -2.33. The van der Waals surface area contributed by atoms with Crippen LogP contribution >= 0.6 is 0 Å². The minimum Gasteiger partial charge on any atom is -0.358 e. The van der Waals surface area contributed by atoms with Gasteiger partial charge in [0.1, 0.15) is 0 Å². The van der Waals surface area contributed by atoms with E-state index >= 15 is 0 Å². The fraction of sp³-hybridized carbons (Fsp3) is 0.333. The molecule has 0 spiro atoms. The number of non-ortho nitro benzene ring substituents is 1. The minimum atomic E-state index is -0.414. The van der Waals surface area contributed by atoms with Crippen molar-refractivity contribution in [1.29, 1.82) is 0 Å². The van der Waals surface area contributed by atoms with Crippen LogP contribution in [-0.2, 0) is 0 Å². The molecule has 0 aliphatic rings. The van der Waals surface area contributed by atoms with Crippen molar-refractivity contribution in [3.63, 3.8) is 0 Å². The van der Waals surface area contributed by atoms with Crippen LogP contribution in [-0.4, -0.2) is 31.1 Å². The van der Waals surface area contributed by atoms with Crippen LogP contribution in [0.25, 0.3) is 0 Å². The predicted molar refractivity (Wildman–Crippen MR) is 73.6 cm³/mol. The predicted octanol–water partition coefficient (Wildman–Crippen LogP) is 2.45. The number of benzene rings is 1. The molecule has 18 heavy (non-hydrogen) atoms. The number of anilines is 2. The summed E-state index contributed by atoms with van der Waals surface area (Å²) in [7, 11) is 5.67. The fourth-order valence-electron chi connectivity index (χ4n) is 1.47. The first-order valence-electron chi connectivity index (χ1n) is 5.45. The standard InChI is InChI=1S/C12H18N4O2/c1-9(2)13-11-8-10(16(17)18)6-7-12(11)15(5)14(3)4/h6-8,13H,1H2,2-5H3. The number of hydrazine groups is 1. The van der Waals surface area contributed by atoms with Gasteiger partial charge in [0.05, 0.1) is 16.3 Å². The molecule has 1 rings (SSSR count). The van der Waals surface area contributed by atoms with Gasteiger partial charge in [-0.15, -0.1) is 0 Å². The third-order valence-electron chi connectivity index (χ3n) is 2.49. The summed E-state index contributed by atoms with van der Waals surface area (Å²) >= 11 is 0. The van der Waals surface area contributed by atoms with Crippen molar-refractivity contribution in [2.45, 2.75) is 6.92 Å². The number of allylic oxidation sites excluding steroid dienone is 1. The van der Waals surface area contributed by atoms with E-state index in [1.807, 2.05) is 31.2 Å². The minimum absolute atomic E-state index is 0.0506. The van der Waals surface area contributed by atoms with Crippen LogP contribution in [0.5, 0.6) is 0 Å². The molecule has 0 radical (unpaired) electrons. The lowest BCUT2D eigenvalue weighted by Gasteiger charge is -2.28. The molecule has 0 aliphatic carbocycles.